The van der Waals surface area contributed by atoms with E-state index >= 15 is 0 Å². The average molecular weight is 516 g/mol. The molecular weight excluding hydrogens is 491 g/mol. The summed E-state index contributed by atoms with van der Waals surface area (Å²) in [5, 5.41) is 4.36. The molecule has 1 fully saturated rings. The lowest BCUT2D eigenvalue weighted by Gasteiger charge is -2.34. The van der Waals surface area contributed by atoms with Crippen molar-refractivity contribution in [2.75, 3.05) is 43.4 Å². The lowest BCUT2D eigenvalue weighted by molar-refractivity contribution is -0.137. The fourth-order valence-electron chi connectivity index (χ4n) is 4.78. The zero-order valence-corrected chi connectivity index (χ0v) is 20.6. The Hall–Kier alpha value is -4.31. The maximum Gasteiger partial charge on any atom is 0.417 e. The molecule has 38 heavy (non-hydrogen) atoms. The molecule has 5 aromatic rings. The number of aromatic nitrogens is 4. The summed E-state index contributed by atoms with van der Waals surface area (Å²) in [6.07, 6.45) is 0.144. The van der Waals surface area contributed by atoms with Crippen LogP contribution in [0, 0.1) is 0 Å². The molecule has 1 saturated heterocycles. The van der Waals surface area contributed by atoms with Gasteiger partial charge in [-0.3, -0.25) is 4.98 Å². The van der Waals surface area contributed by atoms with Crippen LogP contribution in [0.25, 0.3) is 33.1 Å². The Balaban J connectivity index is 1.36. The number of benzene rings is 2. The molecule has 2 aromatic carbocycles. The lowest BCUT2D eigenvalue weighted by atomic mass is 9.99. The van der Waals surface area contributed by atoms with Gasteiger partial charge in [0.1, 0.15) is 11.0 Å². The number of pyridine rings is 2. The van der Waals surface area contributed by atoms with Crippen molar-refractivity contribution in [1.29, 1.82) is 0 Å². The summed E-state index contributed by atoms with van der Waals surface area (Å²) < 4.78 is 41.3. The normalized spacial score (nSPS) is 14.8. The molecule has 0 amide bonds. The number of hydrogen-bond acceptors (Lipinski definition) is 7. The highest BCUT2D eigenvalue weighted by molar-refractivity contribution is 6.09. The Morgan fingerprint density at radius 3 is 2.37 bits per heavy atom. The minimum absolute atomic E-state index is 0.000687. The van der Waals surface area contributed by atoms with Gasteiger partial charge in [0.05, 0.1) is 17.5 Å². The van der Waals surface area contributed by atoms with Crippen LogP contribution in [0.4, 0.5) is 30.5 Å². The van der Waals surface area contributed by atoms with E-state index in [4.69, 9.17) is 0 Å². The number of halogens is 3. The van der Waals surface area contributed by atoms with Crippen molar-refractivity contribution in [3.8, 4) is 11.3 Å². The van der Waals surface area contributed by atoms with Gasteiger partial charge in [0.15, 0.2) is 0 Å². The van der Waals surface area contributed by atoms with Crippen LogP contribution >= 0.6 is 0 Å². The zero-order chi connectivity index (χ0) is 26.3. The molecule has 10 heteroatoms. The number of fused-ring (bicyclic) bond motifs is 3. The molecular formula is C28H24F3N7. The van der Waals surface area contributed by atoms with E-state index in [1.165, 1.54) is 24.5 Å². The topological polar surface area (TPSA) is 70.1 Å². The van der Waals surface area contributed by atoms with Crippen molar-refractivity contribution in [1.82, 2.24) is 24.8 Å². The van der Waals surface area contributed by atoms with Crippen molar-refractivity contribution in [2.24, 2.45) is 0 Å². The molecule has 1 N–H and O–H groups in total. The standard InChI is InChI=1S/C28H24F3N7/c1-37-12-14-38(15-13-37)19-8-6-18(7-9-19)34-27-33-17-24-26(36-27)22-16-32-11-10-20(22)25(35-24)21-4-2-3-5-23(21)28(29,30)31/h2-11,16-17H,12-15H2,1H3,(H,33,34,36). The van der Waals surface area contributed by atoms with E-state index in [1.807, 2.05) is 12.1 Å². The average Bonchev–Trinajstić information content (AvgIpc) is 2.93. The van der Waals surface area contributed by atoms with E-state index in [9.17, 15) is 13.2 Å². The second kappa shape index (κ2) is 9.53. The second-order valence-corrected chi connectivity index (χ2v) is 9.31. The molecule has 0 spiro atoms. The van der Waals surface area contributed by atoms with Gasteiger partial charge in [-0.05, 0) is 43.4 Å². The molecule has 1 aliphatic rings. The highest BCUT2D eigenvalue weighted by Crippen LogP contribution is 2.39. The van der Waals surface area contributed by atoms with Gasteiger partial charge < -0.3 is 15.1 Å². The third-order valence-electron chi connectivity index (χ3n) is 6.81. The zero-order valence-electron chi connectivity index (χ0n) is 20.6. The third-order valence-corrected chi connectivity index (χ3v) is 6.81. The summed E-state index contributed by atoms with van der Waals surface area (Å²) in [4.78, 5) is 22.5. The fourth-order valence-corrected chi connectivity index (χ4v) is 4.78. The van der Waals surface area contributed by atoms with E-state index < -0.39 is 11.7 Å². The van der Waals surface area contributed by atoms with Gasteiger partial charge in [-0.2, -0.15) is 13.2 Å². The summed E-state index contributed by atoms with van der Waals surface area (Å²) in [5.41, 5.74) is 2.35. The fraction of sp³-hybridized carbons (Fsp3) is 0.214. The third kappa shape index (κ3) is 4.58. The van der Waals surface area contributed by atoms with Crippen LogP contribution in [0.1, 0.15) is 5.56 Å². The van der Waals surface area contributed by atoms with Crippen molar-refractivity contribution in [3.63, 3.8) is 0 Å². The van der Waals surface area contributed by atoms with Crippen molar-refractivity contribution < 1.29 is 13.2 Å². The van der Waals surface area contributed by atoms with Gasteiger partial charge in [-0.1, -0.05) is 18.2 Å². The van der Waals surface area contributed by atoms with E-state index in [2.05, 4.69) is 54.2 Å². The number of piperazine rings is 1. The Labute approximate surface area is 217 Å². The molecule has 4 heterocycles. The smallest absolute Gasteiger partial charge is 0.369 e. The van der Waals surface area contributed by atoms with E-state index in [0.717, 1.165) is 43.6 Å². The number of nitrogens with zero attached hydrogens (tertiary/aromatic N) is 6. The molecule has 1 aliphatic heterocycles. The summed E-state index contributed by atoms with van der Waals surface area (Å²) in [6.45, 7) is 4.04. The summed E-state index contributed by atoms with van der Waals surface area (Å²) in [5.74, 6) is 0.361. The molecule has 0 bridgehead atoms. The molecule has 0 atom stereocenters. The van der Waals surface area contributed by atoms with Gasteiger partial charge in [0.25, 0.3) is 0 Å². The van der Waals surface area contributed by atoms with Gasteiger partial charge in [-0.25, -0.2) is 15.0 Å². The van der Waals surface area contributed by atoms with E-state index in [-0.39, 0.29) is 11.3 Å². The summed E-state index contributed by atoms with van der Waals surface area (Å²) >= 11 is 0. The summed E-state index contributed by atoms with van der Waals surface area (Å²) in [7, 11) is 2.13. The Morgan fingerprint density at radius 1 is 0.842 bits per heavy atom. The van der Waals surface area contributed by atoms with Gasteiger partial charge in [-0.15, -0.1) is 0 Å². The number of likely N-dealkylation sites (N-methyl/N-ethyl adjacent to an activating group) is 1. The maximum atomic E-state index is 13.8. The number of anilines is 3. The Morgan fingerprint density at radius 2 is 1.61 bits per heavy atom. The number of nitrogens with one attached hydrogen (secondary N) is 1. The first-order valence-corrected chi connectivity index (χ1v) is 12.2. The molecule has 3 aromatic heterocycles. The van der Waals surface area contributed by atoms with Crippen LogP contribution in [0.3, 0.4) is 0 Å². The van der Waals surface area contributed by atoms with E-state index in [1.54, 1.807) is 18.3 Å². The minimum atomic E-state index is -4.52. The van der Waals surface area contributed by atoms with Crippen LogP contribution in [0.15, 0.2) is 73.2 Å². The van der Waals surface area contributed by atoms with Crippen molar-refractivity contribution in [2.45, 2.75) is 6.18 Å². The largest absolute Gasteiger partial charge is 0.417 e. The SMILES string of the molecule is CN1CCN(c2ccc(Nc3ncc4nc(-c5ccccc5C(F)(F)F)c5ccncc5c4n3)cc2)CC1. The molecule has 7 nitrogen and oxygen atoms in total. The van der Waals surface area contributed by atoms with Gasteiger partial charge >= 0.3 is 6.18 Å². The predicted molar refractivity (Wildman–Crippen MR) is 143 cm³/mol. The number of rotatable bonds is 4. The lowest BCUT2D eigenvalue weighted by Crippen LogP contribution is -2.44. The highest BCUT2D eigenvalue weighted by Gasteiger charge is 2.34. The van der Waals surface area contributed by atoms with Crippen molar-refractivity contribution in [3.05, 3.63) is 78.8 Å². The molecule has 6 rings (SSSR count). The quantitative estimate of drug-likeness (QED) is 0.306. The Kier molecular flexibility index (Phi) is 6.03. The monoisotopic (exact) mass is 515 g/mol. The minimum Gasteiger partial charge on any atom is -0.369 e. The maximum absolute atomic E-state index is 13.8. The first-order chi connectivity index (χ1) is 18.4. The first-order valence-electron chi connectivity index (χ1n) is 12.2. The van der Waals surface area contributed by atoms with Gasteiger partial charge in [0.2, 0.25) is 5.95 Å². The number of hydrogen-bond donors (Lipinski definition) is 1. The van der Waals surface area contributed by atoms with Crippen LogP contribution in [-0.4, -0.2) is 58.1 Å². The molecule has 0 radical (unpaired) electrons. The van der Waals surface area contributed by atoms with Crippen LogP contribution < -0.4 is 10.2 Å². The molecule has 0 unspecified atom stereocenters. The van der Waals surface area contributed by atoms with Crippen molar-refractivity contribution >= 4 is 39.1 Å². The van der Waals surface area contributed by atoms with Crippen LogP contribution in [0.5, 0.6) is 0 Å². The van der Waals surface area contributed by atoms with Crippen LogP contribution in [0.2, 0.25) is 0 Å². The Bertz CT molecular complexity index is 1610. The molecule has 0 aliphatic carbocycles. The molecule has 192 valence electrons. The summed E-state index contributed by atoms with van der Waals surface area (Å²) in [6, 6.07) is 15.2. The first kappa shape index (κ1) is 24.1. The molecule has 0 saturated carbocycles. The number of alkyl halides is 3. The highest BCUT2D eigenvalue weighted by atomic mass is 19.4. The predicted octanol–water partition coefficient (Wildman–Crippen LogP) is 5.75. The van der Waals surface area contributed by atoms with E-state index in [0.29, 0.717) is 27.8 Å². The second-order valence-electron chi connectivity index (χ2n) is 9.31. The van der Waals surface area contributed by atoms with Gasteiger partial charge in [0, 0.05) is 66.3 Å². The van der Waals surface area contributed by atoms with Crippen LogP contribution in [-0.2, 0) is 6.18 Å².